The van der Waals surface area contributed by atoms with Gasteiger partial charge in [-0.3, -0.25) is 10.1 Å². The van der Waals surface area contributed by atoms with Crippen LogP contribution in [0.5, 0.6) is 17.4 Å². The van der Waals surface area contributed by atoms with Crippen molar-refractivity contribution in [2.45, 2.75) is 11.0 Å². The first-order chi connectivity index (χ1) is 12.7. The molecule has 0 N–H and O–H groups in total. The van der Waals surface area contributed by atoms with E-state index in [-0.39, 0.29) is 11.8 Å². The minimum Gasteiger partial charge on any atom is -0.484 e. The first-order valence-electron chi connectivity index (χ1n) is 7.96. The maximum absolute atomic E-state index is 10.7. The largest absolute Gasteiger partial charge is 0.484 e. The second-order valence-electron chi connectivity index (χ2n) is 5.65. The van der Waals surface area contributed by atoms with Gasteiger partial charge in [-0.1, -0.05) is 30.3 Å². The third-order valence-electron chi connectivity index (χ3n) is 3.90. The summed E-state index contributed by atoms with van der Waals surface area (Å²) in [5.74, 6) is 2.55. The summed E-state index contributed by atoms with van der Waals surface area (Å²) in [7, 11) is 0. The van der Waals surface area contributed by atoms with E-state index in [1.807, 2.05) is 30.3 Å². The SMILES string of the molecule is O=[N+]([O-])c1ccc(Oc2ccc3c(c2)SCC(c2ccccc2)O3)nc1. The van der Waals surface area contributed by atoms with Crippen molar-refractivity contribution in [1.29, 1.82) is 0 Å². The number of hydrogen-bond donors (Lipinski definition) is 0. The Morgan fingerprint density at radius 2 is 2.00 bits per heavy atom. The van der Waals surface area contributed by atoms with Crippen LogP contribution in [-0.4, -0.2) is 15.7 Å². The van der Waals surface area contributed by atoms with Crippen LogP contribution >= 0.6 is 11.8 Å². The second-order valence-corrected chi connectivity index (χ2v) is 6.71. The lowest BCUT2D eigenvalue weighted by Gasteiger charge is -2.26. The fraction of sp³-hybridized carbons (Fsp3) is 0.105. The lowest BCUT2D eigenvalue weighted by molar-refractivity contribution is -0.385. The zero-order valence-electron chi connectivity index (χ0n) is 13.6. The van der Waals surface area contributed by atoms with Crippen molar-refractivity contribution >= 4 is 17.4 Å². The molecule has 7 heteroatoms. The molecule has 3 aromatic rings. The van der Waals surface area contributed by atoms with Gasteiger partial charge in [0.2, 0.25) is 5.88 Å². The predicted molar refractivity (Wildman–Crippen MR) is 97.9 cm³/mol. The Morgan fingerprint density at radius 1 is 1.15 bits per heavy atom. The summed E-state index contributed by atoms with van der Waals surface area (Å²) in [6, 6.07) is 18.5. The minimum atomic E-state index is -0.493. The smallest absolute Gasteiger partial charge is 0.287 e. The molecular formula is C19H14N2O4S. The zero-order chi connectivity index (χ0) is 17.9. The van der Waals surface area contributed by atoms with Crippen LogP contribution in [0.25, 0.3) is 0 Å². The van der Waals surface area contributed by atoms with Gasteiger partial charge in [-0.2, -0.15) is 0 Å². The molecule has 1 atom stereocenters. The van der Waals surface area contributed by atoms with Crippen molar-refractivity contribution in [1.82, 2.24) is 4.98 Å². The fourth-order valence-electron chi connectivity index (χ4n) is 2.61. The number of hydrogen-bond acceptors (Lipinski definition) is 6. The van der Waals surface area contributed by atoms with Crippen molar-refractivity contribution < 1.29 is 14.4 Å². The van der Waals surface area contributed by atoms with E-state index < -0.39 is 4.92 Å². The lowest BCUT2D eigenvalue weighted by Crippen LogP contribution is -2.14. The summed E-state index contributed by atoms with van der Waals surface area (Å²) >= 11 is 1.71. The van der Waals surface area contributed by atoms with Crippen LogP contribution in [0, 0.1) is 10.1 Å². The summed E-state index contributed by atoms with van der Waals surface area (Å²) in [6.07, 6.45) is 1.20. The number of benzene rings is 2. The van der Waals surface area contributed by atoms with Crippen molar-refractivity contribution in [2.24, 2.45) is 0 Å². The van der Waals surface area contributed by atoms with Crippen LogP contribution in [0.15, 0.2) is 71.8 Å². The maximum atomic E-state index is 10.7. The highest BCUT2D eigenvalue weighted by Crippen LogP contribution is 2.42. The number of nitro groups is 1. The number of fused-ring (bicyclic) bond motifs is 1. The van der Waals surface area contributed by atoms with Gasteiger partial charge < -0.3 is 9.47 Å². The lowest BCUT2D eigenvalue weighted by atomic mass is 10.1. The van der Waals surface area contributed by atoms with Crippen LogP contribution in [0.1, 0.15) is 11.7 Å². The molecule has 4 rings (SSSR count). The number of pyridine rings is 1. The first kappa shape index (κ1) is 16.4. The van der Waals surface area contributed by atoms with Crippen molar-refractivity contribution in [3.63, 3.8) is 0 Å². The van der Waals surface area contributed by atoms with Gasteiger partial charge >= 0.3 is 0 Å². The third kappa shape index (κ3) is 3.48. The molecule has 1 unspecified atom stereocenters. The normalized spacial score (nSPS) is 15.6. The van der Waals surface area contributed by atoms with Gasteiger partial charge in [-0.05, 0) is 23.8 Å². The molecule has 0 radical (unpaired) electrons. The number of aromatic nitrogens is 1. The summed E-state index contributed by atoms with van der Waals surface area (Å²) in [6.45, 7) is 0. The Bertz CT molecular complexity index is 932. The van der Waals surface area contributed by atoms with Crippen molar-refractivity contribution in [2.75, 3.05) is 5.75 Å². The molecule has 0 amide bonds. The van der Waals surface area contributed by atoms with Crippen molar-refractivity contribution in [3.05, 3.63) is 82.5 Å². The molecule has 1 aliphatic heterocycles. The predicted octanol–water partition coefficient (Wildman–Crippen LogP) is 5.01. The van der Waals surface area contributed by atoms with E-state index in [4.69, 9.17) is 9.47 Å². The minimum absolute atomic E-state index is 0.0248. The number of thioether (sulfide) groups is 1. The van der Waals surface area contributed by atoms with Gasteiger partial charge in [0.05, 0.1) is 9.82 Å². The van der Waals surface area contributed by atoms with Crippen molar-refractivity contribution in [3.8, 4) is 17.4 Å². The van der Waals surface area contributed by atoms with E-state index in [0.29, 0.717) is 11.6 Å². The second kappa shape index (κ2) is 7.05. The van der Waals surface area contributed by atoms with E-state index in [1.54, 1.807) is 17.8 Å². The number of ether oxygens (including phenoxy) is 2. The summed E-state index contributed by atoms with van der Waals surface area (Å²) in [4.78, 5) is 15.1. The Morgan fingerprint density at radius 3 is 2.73 bits per heavy atom. The Hall–Kier alpha value is -3.06. The quantitative estimate of drug-likeness (QED) is 0.477. The first-order valence-corrected chi connectivity index (χ1v) is 8.94. The van der Waals surface area contributed by atoms with E-state index >= 15 is 0 Å². The standard InChI is InChI=1S/C19H14N2O4S/c22-21(23)14-6-9-19(20-11-14)24-15-7-8-16-18(10-15)26-12-17(25-16)13-4-2-1-3-5-13/h1-11,17H,12H2. The highest BCUT2D eigenvalue weighted by atomic mass is 32.2. The maximum Gasteiger partial charge on any atom is 0.287 e. The van der Waals surface area contributed by atoms with Gasteiger partial charge in [0.25, 0.3) is 5.69 Å². The highest BCUT2D eigenvalue weighted by molar-refractivity contribution is 7.99. The highest BCUT2D eigenvalue weighted by Gasteiger charge is 2.22. The molecule has 0 saturated carbocycles. The van der Waals surface area contributed by atoms with Gasteiger partial charge in [0, 0.05) is 17.9 Å². The van der Waals surface area contributed by atoms with E-state index in [9.17, 15) is 10.1 Å². The fourth-order valence-corrected chi connectivity index (χ4v) is 3.66. The molecule has 2 heterocycles. The van der Waals surface area contributed by atoms with Gasteiger partial charge in [0.15, 0.2) is 0 Å². The zero-order valence-corrected chi connectivity index (χ0v) is 14.4. The molecule has 1 aromatic heterocycles. The average Bonchev–Trinajstić information content (AvgIpc) is 2.69. The molecule has 0 saturated heterocycles. The Balaban J connectivity index is 1.49. The molecule has 1 aliphatic rings. The molecular weight excluding hydrogens is 352 g/mol. The van der Waals surface area contributed by atoms with E-state index in [2.05, 4.69) is 17.1 Å². The molecule has 6 nitrogen and oxygen atoms in total. The molecule has 0 spiro atoms. The Kier molecular flexibility index (Phi) is 4.45. The van der Waals surface area contributed by atoms with E-state index in [0.717, 1.165) is 22.0 Å². The summed E-state index contributed by atoms with van der Waals surface area (Å²) in [5, 5.41) is 10.7. The topological polar surface area (TPSA) is 74.5 Å². The average molecular weight is 366 g/mol. The summed E-state index contributed by atoms with van der Waals surface area (Å²) in [5.41, 5.74) is 1.08. The van der Waals surface area contributed by atoms with E-state index in [1.165, 1.54) is 18.3 Å². The molecule has 26 heavy (non-hydrogen) atoms. The van der Waals surface area contributed by atoms with Gasteiger partial charge in [-0.15, -0.1) is 11.8 Å². The molecule has 0 fully saturated rings. The third-order valence-corrected chi connectivity index (χ3v) is 5.00. The Labute approximate surface area is 153 Å². The van der Waals surface area contributed by atoms with Crippen LogP contribution in [0.4, 0.5) is 5.69 Å². The summed E-state index contributed by atoms with van der Waals surface area (Å²) < 4.78 is 11.8. The molecule has 0 aliphatic carbocycles. The van der Waals surface area contributed by atoms with Crippen LogP contribution in [0.2, 0.25) is 0 Å². The molecule has 0 bridgehead atoms. The monoisotopic (exact) mass is 366 g/mol. The number of nitrogens with zero attached hydrogens (tertiary/aromatic N) is 2. The molecule has 2 aromatic carbocycles. The van der Waals surface area contributed by atoms with Crippen LogP contribution in [0.3, 0.4) is 0 Å². The van der Waals surface area contributed by atoms with Gasteiger partial charge in [-0.25, -0.2) is 4.98 Å². The van der Waals surface area contributed by atoms with Crippen LogP contribution < -0.4 is 9.47 Å². The number of rotatable bonds is 4. The van der Waals surface area contributed by atoms with Gasteiger partial charge in [0.1, 0.15) is 23.8 Å². The van der Waals surface area contributed by atoms with Crippen LogP contribution in [-0.2, 0) is 0 Å². The molecule has 130 valence electrons.